The van der Waals surface area contributed by atoms with Gasteiger partial charge in [-0.1, -0.05) is 176 Å². The zero-order valence-electron chi connectivity index (χ0n) is 26.0. The molecule has 0 aromatic heterocycles. The molecule has 0 atom stereocenters. The molecule has 0 aliphatic rings. The summed E-state index contributed by atoms with van der Waals surface area (Å²) in [6, 6.07) is 66.7. The topological polar surface area (TPSA) is 0 Å². The lowest BCUT2D eigenvalue weighted by molar-refractivity contribution is 1.23. The van der Waals surface area contributed by atoms with Crippen LogP contribution < -0.4 is 0 Å². The Morgan fingerprint density at radius 2 is 0.830 bits per heavy atom. The summed E-state index contributed by atoms with van der Waals surface area (Å²) in [6.07, 6.45) is 0.855. The van der Waals surface area contributed by atoms with Gasteiger partial charge in [0.1, 0.15) is 0 Å². The molecule has 0 N–H and O–H groups in total. The van der Waals surface area contributed by atoms with Crippen molar-refractivity contribution in [2.75, 3.05) is 0 Å². The van der Waals surface area contributed by atoms with Gasteiger partial charge in [-0.05, 0) is 100 Å². The van der Waals surface area contributed by atoms with Crippen LogP contribution in [0.15, 0.2) is 182 Å². The van der Waals surface area contributed by atoms with Crippen molar-refractivity contribution in [1.29, 1.82) is 0 Å². The highest BCUT2D eigenvalue weighted by atomic mass is 14.2. The first-order valence-electron chi connectivity index (χ1n) is 16.4. The second-order valence-corrected chi connectivity index (χ2v) is 12.4. The molecule has 0 saturated carbocycles. The number of hydrogen-bond donors (Lipinski definition) is 0. The van der Waals surface area contributed by atoms with Crippen LogP contribution in [0, 0.1) is 0 Å². The van der Waals surface area contributed by atoms with Gasteiger partial charge in [0.15, 0.2) is 0 Å². The predicted octanol–water partition coefficient (Wildman–Crippen LogP) is 12.9. The quantitative estimate of drug-likeness (QED) is 0.173. The Morgan fingerprint density at radius 1 is 0.298 bits per heavy atom. The third kappa shape index (κ3) is 4.69. The van der Waals surface area contributed by atoms with Crippen molar-refractivity contribution in [2.24, 2.45) is 0 Å². The minimum atomic E-state index is 0.855. The largest absolute Gasteiger partial charge is 0.0622 e. The van der Waals surface area contributed by atoms with E-state index >= 15 is 0 Å². The molecular formula is C47H32. The Labute approximate surface area is 275 Å². The molecule has 0 heteroatoms. The van der Waals surface area contributed by atoms with Gasteiger partial charge in [0.25, 0.3) is 0 Å². The van der Waals surface area contributed by atoms with Gasteiger partial charge in [0, 0.05) is 0 Å². The van der Waals surface area contributed by atoms with Crippen LogP contribution in [0.2, 0.25) is 0 Å². The lowest BCUT2D eigenvalue weighted by Gasteiger charge is -2.20. The Kier molecular flexibility index (Phi) is 6.65. The third-order valence-corrected chi connectivity index (χ3v) is 9.76. The maximum absolute atomic E-state index is 2.32. The SMILES string of the molecule is c1ccc(-c2ccccc2Cc2c3ccccc3c(-c3cccc4c(-c5ccc6ccccc6c5)cccc34)c3ccccc23)cc1. The highest BCUT2D eigenvalue weighted by molar-refractivity contribution is 6.19. The van der Waals surface area contributed by atoms with Gasteiger partial charge in [0.2, 0.25) is 0 Å². The van der Waals surface area contributed by atoms with E-state index in [0.717, 1.165) is 6.42 Å². The van der Waals surface area contributed by atoms with Crippen LogP contribution in [0.3, 0.4) is 0 Å². The summed E-state index contributed by atoms with van der Waals surface area (Å²) in [6.45, 7) is 0. The molecule has 9 aromatic carbocycles. The average molecular weight is 597 g/mol. The first kappa shape index (κ1) is 27.3. The van der Waals surface area contributed by atoms with E-state index in [-0.39, 0.29) is 0 Å². The number of hydrogen-bond acceptors (Lipinski definition) is 0. The Balaban J connectivity index is 1.28. The number of benzene rings is 9. The van der Waals surface area contributed by atoms with Crippen molar-refractivity contribution in [2.45, 2.75) is 6.42 Å². The maximum atomic E-state index is 2.32. The van der Waals surface area contributed by atoms with Crippen molar-refractivity contribution in [1.82, 2.24) is 0 Å². The first-order valence-corrected chi connectivity index (χ1v) is 16.4. The molecule has 0 aliphatic heterocycles. The lowest BCUT2D eigenvalue weighted by atomic mass is 9.83. The van der Waals surface area contributed by atoms with Crippen LogP contribution in [0.5, 0.6) is 0 Å². The minimum Gasteiger partial charge on any atom is -0.0622 e. The predicted molar refractivity (Wildman–Crippen MR) is 202 cm³/mol. The van der Waals surface area contributed by atoms with Gasteiger partial charge in [-0.3, -0.25) is 0 Å². The van der Waals surface area contributed by atoms with E-state index in [4.69, 9.17) is 0 Å². The van der Waals surface area contributed by atoms with E-state index in [2.05, 4.69) is 182 Å². The van der Waals surface area contributed by atoms with Gasteiger partial charge in [-0.25, -0.2) is 0 Å². The fourth-order valence-electron chi connectivity index (χ4n) is 7.60. The average Bonchev–Trinajstić information content (AvgIpc) is 3.15. The fraction of sp³-hybridized carbons (Fsp3) is 0.0213. The Hall–Kier alpha value is -5.98. The Morgan fingerprint density at radius 3 is 1.57 bits per heavy atom. The second kappa shape index (κ2) is 11.4. The summed E-state index contributed by atoms with van der Waals surface area (Å²) in [5.41, 5.74) is 10.3. The van der Waals surface area contributed by atoms with Gasteiger partial charge < -0.3 is 0 Å². The molecule has 47 heavy (non-hydrogen) atoms. The van der Waals surface area contributed by atoms with E-state index in [0.29, 0.717) is 0 Å². The molecule has 0 saturated heterocycles. The van der Waals surface area contributed by atoms with Crippen molar-refractivity contribution >= 4 is 43.1 Å². The normalized spacial score (nSPS) is 11.5. The number of rotatable bonds is 5. The van der Waals surface area contributed by atoms with Crippen LogP contribution in [0.25, 0.3) is 76.5 Å². The highest BCUT2D eigenvalue weighted by Gasteiger charge is 2.19. The molecule has 220 valence electrons. The molecule has 0 fully saturated rings. The van der Waals surface area contributed by atoms with Crippen LogP contribution >= 0.6 is 0 Å². The van der Waals surface area contributed by atoms with Gasteiger partial charge in [-0.2, -0.15) is 0 Å². The van der Waals surface area contributed by atoms with Crippen LogP contribution in [0.4, 0.5) is 0 Å². The summed E-state index contributed by atoms with van der Waals surface area (Å²) in [5, 5.41) is 10.3. The fourth-order valence-corrected chi connectivity index (χ4v) is 7.60. The van der Waals surface area contributed by atoms with E-state index in [1.165, 1.54) is 87.6 Å². The highest BCUT2D eigenvalue weighted by Crippen LogP contribution is 2.44. The molecule has 0 spiro atoms. The molecular weight excluding hydrogens is 565 g/mol. The molecule has 9 rings (SSSR count). The first-order chi connectivity index (χ1) is 23.3. The molecule has 0 heterocycles. The Bertz CT molecular complexity index is 2530. The molecule has 0 nitrogen and oxygen atoms in total. The van der Waals surface area contributed by atoms with Crippen molar-refractivity contribution in [3.05, 3.63) is 193 Å². The summed E-state index contributed by atoms with van der Waals surface area (Å²) in [4.78, 5) is 0. The van der Waals surface area contributed by atoms with Crippen LogP contribution in [-0.4, -0.2) is 0 Å². The van der Waals surface area contributed by atoms with Crippen molar-refractivity contribution < 1.29 is 0 Å². The molecule has 0 unspecified atom stereocenters. The van der Waals surface area contributed by atoms with Crippen LogP contribution in [0.1, 0.15) is 11.1 Å². The zero-order chi connectivity index (χ0) is 31.2. The van der Waals surface area contributed by atoms with Gasteiger partial charge >= 0.3 is 0 Å². The lowest BCUT2D eigenvalue weighted by Crippen LogP contribution is -1.97. The summed E-state index contributed by atoms with van der Waals surface area (Å²) in [5.74, 6) is 0. The monoisotopic (exact) mass is 596 g/mol. The van der Waals surface area contributed by atoms with Crippen molar-refractivity contribution in [3.63, 3.8) is 0 Å². The second-order valence-electron chi connectivity index (χ2n) is 12.4. The molecule has 0 aliphatic carbocycles. The smallest absolute Gasteiger partial charge is 0.000728 e. The van der Waals surface area contributed by atoms with Gasteiger partial charge in [0.05, 0.1) is 0 Å². The summed E-state index contributed by atoms with van der Waals surface area (Å²) >= 11 is 0. The molecule has 0 amide bonds. The third-order valence-electron chi connectivity index (χ3n) is 9.76. The standard InChI is InChI=1S/C47H32/c1-2-15-33(16-3-1)37-19-7-6-18-35(37)31-46-41-20-8-10-22-43(41)47(44-23-11-9-21-42(44)46)45-27-13-25-39-38(24-12-26-40(39)45)36-29-28-32-14-4-5-17-34(32)30-36/h1-30H,31H2. The van der Waals surface area contributed by atoms with Gasteiger partial charge in [-0.15, -0.1) is 0 Å². The van der Waals surface area contributed by atoms with Crippen LogP contribution in [-0.2, 0) is 6.42 Å². The maximum Gasteiger partial charge on any atom is -0.000728 e. The van der Waals surface area contributed by atoms with E-state index in [1.807, 2.05) is 0 Å². The zero-order valence-corrected chi connectivity index (χ0v) is 26.0. The summed E-state index contributed by atoms with van der Waals surface area (Å²) < 4.78 is 0. The van der Waals surface area contributed by atoms with Crippen molar-refractivity contribution in [3.8, 4) is 33.4 Å². The molecule has 9 aromatic rings. The number of fused-ring (bicyclic) bond motifs is 4. The molecule has 0 radical (unpaired) electrons. The van der Waals surface area contributed by atoms with E-state index in [9.17, 15) is 0 Å². The molecule has 0 bridgehead atoms. The summed E-state index contributed by atoms with van der Waals surface area (Å²) in [7, 11) is 0. The minimum absolute atomic E-state index is 0.855. The van der Waals surface area contributed by atoms with E-state index in [1.54, 1.807) is 0 Å². The van der Waals surface area contributed by atoms with E-state index < -0.39 is 0 Å².